The summed E-state index contributed by atoms with van der Waals surface area (Å²) in [6, 6.07) is 9.84. The van der Waals surface area contributed by atoms with Crippen molar-refractivity contribution in [2.45, 2.75) is 0 Å². The van der Waals surface area contributed by atoms with Gasteiger partial charge in [0.2, 0.25) is 0 Å². The van der Waals surface area contributed by atoms with E-state index in [2.05, 4.69) is 16.3 Å². The number of pyridine rings is 1. The predicted molar refractivity (Wildman–Crippen MR) is 71.8 cm³/mol. The first-order chi connectivity index (χ1) is 9.11. The summed E-state index contributed by atoms with van der Waals surface area (Å²) in [5.74, 6) is -0.227. The molecule has 96 valence electrons. The molecule has 2 rings (SSSR count). The molecule has 1 aromatic heterocycles. The SMILES string of the molecule is C=C(c1ccc(O)cc1)c1cc(C(=O)OC)ccn1. The van der Waals surface area contributed by atoms with Gasteiger partial charge in [-0.05, 0) is 29.8 Å². The van der Waals surface area contributed by atoms with Crippen LogP contribution in [0.4, 0.5) is 0 Å². The number of methoxy groups -OCH3 is 1. The van der Waals surface area contributed by atoms with Gasteiger partial charge in [0, 0.05) is 11.8 Å². The fourth-order valence-corrected chi connectivity index (χ4v) is 1.65. The number of hydrogen-bond donors (Lipinski definition) is 1. The summed E-state index contributed by atoms with van der Waals surface area (Å²) in [4.78, 5) is 15.6. The van der Waals surface area contributed by atoms with Crippen LogP contribution in [0.3, 0.4) is 0 Å². The highest BCUT2D eigenvalue weighted by Crippen LogP contribution is 2.22. The first-order valence-electron chi connectivity index (χ1n) is 5.65. The summed E-state index contributed by atoms with van der Waals surface area (Å²) in [6.07, 6.45) is 1.53. The van der Waals surface area contributed by atoms with Crippen molar-refractivity contribution in [1.29, 1.82) is 0 Å². The molecular weight excluding hydrogens is 242 g/mol. The molecule has 1 aromatic carbocycles. The number of aromatic nitrogens is 1. The monoisotopic (exact) mass is 255 g/mol. The number of carbonyl (C=O) groups excluding carboxylic acids is 1. The Kier molecular flexibility index (Phi) is 3.61. The molecular formula is C15H13NO3. The Morgan fingerprint density at radius 2 is 1.89 bits per heavy atom. The van der Waals surface area contributed by atoms with Gasteiger partial charge >= 0.3 is 5.97 Å². The number of benzene rings is 1. The smallest absolute Gasteiger partial charge is 0.337 e. The van der Waals surface area contributed by atoms with Crippen LogP contribution in [0.25, 0.3) is 5.57 Å². The van der Waals surface area contributed by atoms with Crippen LogP contribution in [0, 0.1) is 0 Å². The standard InChI is InChI=1S/C15H13NO3/c1-10(11-3-5-13(17)6-4-11)14-9-12(7-8-16-14)15(18)19-2/h3-9,17H,1H2,2H3. The Morgan fingerprint density at radius 1 is 1.21 bits per heavy atom. The number of hydrogen-bond acceptors (Lipinski definition) is 4. The highest BCUT2D eigenvalue weighted by molar-refractivity contribution is 5.90. The number of rotatable bonds is 3. The number of phenolic OH excluding ortho intramolecular Hbond substituents is 1. The van der Waals surface area contributed by atoms with E-state index in [0.717, 1.165) is 5.56 Å². The molecule has 4 nitrogen and oxygen atoms in total. The lowest BCUT2D eigenvalue weighted by Gasteiger charge is -2.07. The molecule has 1 N–H and O–H groups in total. The van der Waals surface area contributed by atoms with Crippen molar-refractivity contribution >= 4 is 11.5 Å². The Hall–Kier alpha value is -2.62. The van der Waals surface area contributed by atoms with E-state index in [1.807, 2.05) is 0 Å². The largest absolute Gasteiger partial charge is 0.508 e. The molecule has 0 saturated carbocycles. The van der Waals surface area contributed by atoms with E-state index in [1.54, 1.807) is 36.4 Å². The molecule has 0 aliphatic rings. The minimum atomic E-state index is -0.415. The molecule has 1 heterocycles. The van der Waals surface area contributed by atoms with Gasteiger partial charge in [-0.2, -0.15) is 0 Å². The number of aromatic hydroxyl groups is 1. The summed E-state index contributed by atoms with van der Waals surface area (Å²) in [6.45, 7) is 3.95. The van der Waals surface area contributed by atoms with Crippen molar-refractivity contribution in [3.8, 4) is 5.75 Å². The van der Waals surface area contributed by atoms with Crippen molar-refractivity contribution in [1.82, 2.24) is 4.98 Å². The summed E-state index contributed by atoms with van der Waals surface area (Å²) in [7, 11) is 1.33. The first kappa shape index (κ1) is 12.8. The molecule has 0 spiro atoms. The zero-order chi connectivity index (χ0) is 13.8. The van der Waals surface area contributed by atoms with Crippen molar-refractivity contribution < 1.29 is 14.6 Å². The van der Waals surface area contributed by atoms with E-state index >= 15 is 0 Å². The average Bonchev–Trinajstić information content (AvgIpc) is 2.46. The van der Waals surface area contributed by atoms with Gasteiger partial charge in [-0.3, -0.25) is 4.98 Å². The average molecular weight is 255 g/mol. The molecule has 19 heavy (non-hydrogen) atoms. The van der Waals surface area contributed by atoms with E-state index in [0.29, 0.717) is 16.8 Å². The zero-order valence-corrected chi connectivity index (χ0v) is 10.5. The molecule has 0 atom stereocenters. The van der Waals surface area contributed by atoms with Crippen molar-refractivity contribution in [2.24, 2.45) is 0 Å². The van der Waals surface area contributed by atoms with Gasteiger partial charge in [-0.15, -0.1) is 0 Å². The first-order valence-corrected chi connectivity index (χ1v) is 5.65. The van der Waals surface area contributed by atoms with Crippen LogP contribution in [0.5, 0.6) is 5.75 Å². The zero-order valence-electron chi connectivity index (χ0n) is 10.5. The normalized spacial score (nSPS) is 9.95. The van der Waals surface area contributed by atoms with Gasteiger partial charge < -0.3 is 9.84 Å². The van der Waals surface area contributed by atoms with Gasteiger partial charge in [0.25, 0.3) is 0 Å². The minimum absolute atomic E-state index is 0.188. The van der Waals surface area contributed by atoms with Crippen LogP contribution >= 0.6 is 0 Å². The molecule has 0 bridgehead atoms. The molecule has 0 amide bonds. The van der Waals surface area contributed by atoms with Crippen LogP contribution in [0.15, 0.2) is 49.2 Å². The van der Waals surface area contributed by atoms with Crippen LogP contribution in [0.1, 0.15) is 21.6 Å². The van der Waals surface area contributed by atoms with Crippen LogP contribution < -0.4 is 0 Å². The third kappa shape index (κ3) is 2.80. The van der Waals surface area contributed by atoms with Crippen molar-refractivity contribution in [2.75, 3.05) is 7.11 Å². The maximum Gasteiger partial charge on any atom is 0.337 e. The Balaban J connectivity index is 2.34. The number of nitrogens with zero attached hydrogens (tertiary/aromatic N) is 1. The highest BCUT2D eigenvalue weighted by Gasteiger charge is 2.09. The van der Waals surface area contributed by atoms with Crippen LogP contribution in [0.2, 0.25) is 0 Å². The summed E-state index contributed by atoms with van der Waals surface area (Å²) < 4.78 is 4.66. The summed E-state index contributed by atoms with van der Waals surface area (Å²) >= 11 is 0. The minimum Gasteiger partial charge on any atom is -0.508 e. The summed E-state index contributed by atoms with van der Waals surface area (Å²) in [5.41, 5.74) is 2.51. The van der Waals surface area contributed by atoms with Gasteiger partial charge in [0.15, 0.2) is 0 Å². The third-order valence-electron chi connectivity index (χ3n) is 2.71. The van der Waals surface area contributed by atoms with Gasteiger partial charge in [-0.25, -0.2) is 4.79 Å². The third-order valence-corrected chi connectivity index (χ3v) is 2.71. The number of phenols is 1. The fourth-order valence-electron chi connectivity index (χ4n) is 1.65. The topological polar surface area (TPSA) is 59.4 Å². The fraction of sp³-hybridized carbons (Fsp3) is 0.0667. The molecule has 0 radical (unpaired) electrons. The number of esters is 1. The molecule has 0 fully saturated rings. The van der Waals surface area contributed by atoms with Crippen LogP contribution in [-0.4, -0.2) is 23.2 Å². The van der Waals surface area contributed by atoms with Gasteiger partial charge in [-0.1, -0.05) is 18.7 Å². The summed E-state index contributed by atoms with van der Waals surface area (Å²) in [5, 5.41) is 9.25. The maximum absolute atomic E-state index is 11.5. The molecule has 0 aliphatic heterocycles. The van der Waals surface area contributed by atoms with E-state index < -0.39 is 5.97 Å². The quantitative estimate of drug-likeness (QED) is 0.856. The molecule has 4 heteroatoms. The predicted octanol–water partition coefficient (Wildman–Crippen LogP) is 2.64. The molecule has 0 saturated heterocycles. The van der Waals surface area contributed by atoms with Crippen LogP contribution in [-0.2, 0) is 4.74 Å². The van der Waals surface area contributed by atoms with E-state index in [-0.39, 0.29) is 5.75 Å². The molecule has 0 aliphatic carbocycles. The number of ether oxygens (including phenoxy) is 1. The number of carbonyl (C=O) groups is 1. The Morgan fingerprint density at radius 3 is 2.53 bits per heavy atom. The van der Waals surface area contributed by atoms with Gasteiger partial charge in [0.1, 0.15) is 5.75 Å². The van der Waals surface area contributed by atoms with E-state index in [9.17, 15) is 9.90 Å². The second-order valence-corrected chi connectivity index (χ2v) is 3.95. The second kappa shape index (κ2) is 5.35. The Labute approximate surface area is 111 Å². The lowest BCUT2D eigenvalue weighted by Crippen LogP contribution is -2.02. The van der Waals surface area contributed by atoms with E-state index in [4.69, 9.17) is 0 Å². The van der Waals surface area contributed by atoms with Crippen molar-refractivity contribution in [3.63, 3.8) is 0 Å². The lowest BCUT2D eigenvalue weighted by atomic mass is 10.0. The van der Waals surface area contributed by atoms with Crippen molar-refractivity contribution in [3.05, 3.63) is 66.0 Å². The lowest BCUT2D eigenvalue weighted by molar-refractivity contribution is 0.0600. The maximum atomic E-state index is 11.5. The van der Waals surface area contributed by atoms with Gasteiger partial charge in [0.05, 0.1) is 18.4 Å². The second-order valence-electron chi connectivity index (χ2n) is 3.95. The Bertz CT molecular complexity index is 618. The van der Waals surface area contributed by atoms with E-state index in [1.165, 1.54) is 13.3 Å². The molecule has 2 aromatic rings. The highest BCUT2D eigenvalue weighted by atomic mass is 16.5. The molecule has 0 unspecified atom stereocenters.